The number of aliphatic hydroxyl groups excluding tert-OH is 1. The van der Waals surface area contributed by atoms with Gasteiger partial charge < -0.3 is 19.1 Å². The van der Waals surface area contributed by atoms with Gasteiger partial charge in [-0.3, -0.25) is 0 Å². The van der Waals surface area contributed by atoms with Crippen molar-refractivity contribution >= 4 is 11.0 Å². The number of ether oxygens (including phenoxy) is 2. The average molecular weight is 374 g/mol. The van der Waals surface area contributed by atoms with E-state index in [4.69, 9.17) is 9.47 Å². The molecular formula is C23H22N2O3. The van der Waals surface area contributed by atoms with Crippen LogP contribution in [0.1, 0.15) is 17.5 Å². The Hall–Kier alpha value is -3.31. The summed E-state index contributed by atoms with van der Waals surface area (Å²) in [6, 6.07) is 25.0. The molecule has 0 fully saturated rings. The molecule has 28 heavy (non-hydrogen) atoms. The highest BCUT2D eigenvalue weighted by atomic mass is 16.5. The molecule has 0 bridgehead atoms. The van der Waals surface area contributed by atoms with E-state index >= 15 is 0 Å². The lowest BCUT2D eigenvalue weighted by Gasteiger charge is -2.15. The van der Waals surface area contributed by atoms with Gasteiger partial charge in [-0.25, -0.2) is 4.98 Å². The molecular weight excluding hydrogens is 352 g/mol. The molecule has 1 aromatic heterocycles. The number of benzene rings is 3. The first kappa shape index (κ1) is 18.1. The molecule has 4 aromatic rings. The van der Waals surface area contributed by atoms with Gasteiger partial charge in [-0.15, -0.1) is 0 Å². The van der Waals surface area contributed by atoms with E-state index in [9.17, 15) is 5.11 Å². The number of methoxy groups -OCH3 is 1. The molecule has 1 N–H and O–H groups in total. The highest BCUT2D eigenvalue weighted by Gasteiger charge is 2.19. The Labute approximate surface area is 163 Å². The molecule has 0 saturated heterocycles. The number of hydrogen-bond donors (Lipinski definition) is 1. The Morgan fingerprint density at radius 3 is 2.32 bits per heavy atom. The van der Waals surface area contributed by atoms with Crippen LogP contribution in [0.25, 0.3) is 11.0 Å². The molecule has 0 amide bonds. The molecule has 142 valence electrons. The molecule has 1 heterocycles. The van der Waals surface area contributed by atoms with Crippen LogP contribution in [-0.4, -0.2) is 28.4 Å². The molecule has 0 aliphatic carbocycles. The molecule has 4 rings (SSSR count). The maximum absolute atomic E-state index is 10.9. The number of nitrogens with zero attached hydrogens (tertiary/aromatic N) is 2. The Morgan fingerprint density at radius 2 is 1.57 bits per heavy atom. The van der Waals surface area contributed by atoms with Gasteiger partial charge in [0.1, 0.15) is 30.0 Å². The lowest BCUT2D eigenvalue weighted by atomic mass is 10.1. The van der Waals surface area contributed by atoms with Crippen molar-refractivity contribution in [2.75, 3.05) is 13.7 Å². The molecule has 0 radical (unpaired) electrons. The first-order valence-corrected chi connectivity index (χ1v) is 9.21. The third kappa shape index (κ3) is 3.70. The zero-order valence-electron chi connectivity index (χ0n) is 15.7. The van der Waals surface area contributed by atoms with Crippen molar-refractivity contribution in [1.82, 2.24) is 9.55 Å². The number of imidazole rings is 1. The van der Waals surface area contributed by atoms with Gasteiger partial charge in [-0.05, 0) is 42.0 Å². The van der Waals surface area contributed by atoms with Crippen LogP contribution >= 0.6 is 0 Å². The second kappa shape index (κ2) is 8.15. The SMILES string of the molecule is COc1ccc(OCCn2c(C(O)c3ccccc3)nc3ccccc32)cc1. The normalized spacial score (nSPS) is 12.1. The van der Waals surface area contributed by atoms with Crippen LogP contribution in [0.5, 0.6) is 11.5 Å². The van der Waals surface area contributed by atoms with Crippen molar-refractivity contribution in [1.29, 1.82) is 0 Å². The second-order valence-electron chi connectivity index (χ2n) is 6.45. The second-order valence-corrected chi connectivity index (χ2v) is 6.45. The van der Waals surface area contributed by atoms with Gasteiger partial charge in [0, 0.05) is 0 Å². The topological polar surface area (TPSA) is 56.5 Å². The summed E-state index contributed by atoms with van der Waals surface area (Å²) in [7, 11) is 1.64. The van der Waals surface area contributed by atoms with Gasteiger partial charge in [0.25, 0.3) is 0 Å². The Bertz CT molecular complexity index is 1040. The van der Waals surface area contributed by atoms with Crippen LogP contribution in [0.15, 0.2) is 78.9 Å². The van der Waals surface area contributed by atoms with E-state index in [1.54, 1.807) is 7.11 Å². The number of hydrogen-bond acceptors (Lipinski definition) is 4. The van der Waals surface area contributed by atoms with Gasteiger partial charge in [-0.1, -0.05) is 42.5 Å². The van der Waals surface area contributed by atoms with E-state index in [0.717, 1.165) is 28.1 Å². The van der Waals surface area contributed by atoms with E-state index < -0.39 is 6.10 Å². The molecule has 1 unspecified atom stereocenters. The molecule has 5 heteroatoms. The van der Waals surface area contributed by atoms with Gasteiger partial charge in [0.2, 0.25) is 0 Å². The lowest BCUT2D eigenvalue weighted by Crippen LogP contribution is -2.14. The fraction of sp³-hybridized carbons (Fsp3) is 0.174. The Kier molecular flexibility index (Phi) is 5.26. The van der Waals surface area contributed by atoms with Crippen LogP contribution in [0.3, 0.4) is 0 Å². The van der Waals surface area contributed by atoms with Crippen molar-refractivity contribution in [3.63, 3.8) is 0 Å². The lowest BCUT2D eigenvalue weighted by molar-refractivity contribution is 0.201. The predicted molar refractivity (Wildman–Crippen MR) is 109 cm³/mol. The van der Waals surface area contributed by atoms with Crippen molar-refractivity contribution < 1.29 is 14.6 Å². The monoisotopic (exact) mass is 374 g/mol. The van der Waals surface area contributed by atoms with Gasteiger partial charge >= 0.3 is 0 Å². The average Bonchev–Trinajstić information content (AvgIpc) is 3.13. The smallest absolute Gasteiger partial charge is 0.143 e. The number of fused-ring (bicyclic) bond motifs is 1. The van der Waals surface area contributed by atoms with Gasteiger partial charge in [0.15, 0.2) is 0 Å². The summed E-state index contributed by atoms with van der Waals surface area (Å²) < 4.78 is 13.1. The zero-order chi connectivity index (χ0) is 19.3. The largest absolute Gasteiger partial charge is 0.497 e. The number of aromatic nitrogens is 2. The molecule has 3 aromatic carbocycles. The van der Waals surface area contributed by atoms with E-state index in [1.807, 2.05) is 83.4 Å². The first-order valence-electron chi connectivity index (χ1n) is 9.21. The van der Waals surface area contributed by atoms with Crippen molar-refractivity contribution in [3.8, 4) is 11.5 Å². The number of para-hydroxylation sites is 2. The number of aliphatic hydroxyl groups is 1. The third-order valence-electron chi connectivity index (χ3n) is 4.69. The maximum atomic E-state index is 10.9. The summed E-state index contributed by atoms with van der Waals surface area (Å²) in [6.07, 6.45) is -0.797. The minimum absolute atomic E-state index is 0.460. The molecule has 0 saturated carbocycles. The molecule has 0 spiro atoms. The third-order valence-corrected chi connectivity index (χ3v) is 4.69. The summed E-state index contributed by atoms with van der Waals surface area (Å²) in [5.41, 5.74) is 2.65. The van der Waals surface area contributed by atoms with Crippen molar-refractivity contribution in [2.45, 2.75) is 12.6 Å². The fourth-order valence-electron chi connectivity index (χ4n) is 3.25. The standard InChI is InChI=1S/C23H22N2O3/c1-27-18-11-13-19(14-12-18)28-16-15-25-21-10-6-5-9-20(21)24-23(25)22(26)17-7-3-2-4-8-17/h2-14,22,26H,15-16H2,1H3. The summed E-state index contributed by atoms with van der Waals surface area (Å²) in [5.74, 6) is 2.18. The van der Waals surface area contributed by atoms with Crippen molar-refractivity contribution in [3.05, 3.63) is 90.3 Å². The van der Waals surface area contributed by atoms with E-state index in [-0.39, 0.29) is 0 Å². The molecule has 0 aliphatic rings. The Balaban J connectivity index is 1.58. The van der Waals surface area contributed by atoms with Crippen LogP contribution in [0.2, 0.25) is 0 Å². The summed E-state index contributed by atoms with van der Waals surface area (Å²) in [4.78, 5) is 4.68. The van der Waals surface area contributed by atoms with Gasteiger partial charge in [0.05, 0.1) is 24.7 Å². The van der Waals surface area contributed by atoms with Crippen LogP contribution in [0.4, 0.5) is 0 Å². The van der Waals surface area contributed by atoms with Gasteiger partial charge in [-0.2, -0.15) is 0 Å². The first-order chi connectivity index (χ1) is 13.8. The molecule has 0 aliphatic heterocycles. The summed E-state index contributed by atoms with van der Waals surface area (Å²) in [6.45, 7) is 1.03. The highest BCUT2D eigenvalue weighted by Crippen LogP contribution is 2.26. The highest BCUT2D eigenvalue weighted by molar-refractivity contribution is 5.76. The minimum atomic E-state index is -0.797. The van der Waals surface area contributed by atoms with Crippen molar-refractivity contribution in [2.24, 2.45) is 0 Å². The quantitative estimate of drug-likeness (QED) is 0.527. The number of rotatable bonds is 7. The van der Waals surface area contributed by atoms with E-state index in [2.05, 4.69) is 4.98 Å². The summed E-state index contributed by atoms with van der Waals surface area (Å²) >= 11 is 0. The van der Waals surface area contributed by atoms with Crippen LogP contribution in [0, 0.1) is 0 Å². The molecule has 1 atom stereocenters. The zero-order valence-corrected chi connectivity index (χ0v) is 15.7. The predicted octanol–water partition coefficient (Wildman–Crippen LogP) is 4.21. The van der Waals surface area contributed by atoms with Crippen LogP contribution in [-0.2, 0) is 6.54 Å². The Morgan fingerprint density at radius 1 is 0.893 bits per heavy atom. The van der Waals surface area contributed by atoms with E-state index in [1.165, 1.54) is 0 Å². The summed E-state index contributed by atoms with van der Waals surface area (Å²) in [5, 5.41) is 10.9. The molecule has 5 nitrogen and oxygen atoms in total. The van der Waals surface area contributed by atoms with Crippen LogP contribution < -0.4 is 9.47 Å². The minimum Gasteiger partial charge on any atom is -0.497 e. The fourth-order valence-corrected chi connectivity index (χ4v) is 3.25. The van der Waals surface area contributed by atoms with E-state index in [0.29, 0.717) is 19.0 Å². The maximum Gasteiger partial charge on any atom is 0.143 e.